The van der Waals surface area contributed by atoms with E-state index in [0.29, 0.717) is 12.0 Å². The molecular weight excluding hydrogens is 285 g/mol. The molecule has 1 aromatic rings. The van der Waals surface area contributed by atoms with E-state index in [0.717, 1.165) is 0 Å². The number of esters is 1. The molecule has 5 nitrogen and oxygen atoms in total. The first-order valence-electron chi connectivity index (χ1n) is 6.10. The molecule has 1 aromatic carbocycles. The predicted octanol–water partition coefficient (Wildman–Crippen LogP) is 1.54. The summed E-state index contributed by atoms with van der Waals surface area (Å²) in [6, 6.07) is 5.33. The highest BCUT2D eigenvalue weighted by atomic mass is 32.2. The van der Waals surface area contributed by atoms with E-state index in [1.165, 1.54) is 42.7 Å². The number of methoxy groups -OCH3 is 1. The smallest absolute Gasteiger partial charge is 0.305 e. The van der Waals surface area contributed by atoms with Crippen molar-refractivity contribution in [2.24, 2.45) is 0 Å². The number of rotatable bonds is 7. The number of nitrogens with zero attached hydrogens (tertiary/aromatic N) is 1. The molecule has 0 amide bonds. The van der Waals surface area contributed by atoms with Gasteiger partial charge in [0.15, 0.2) is 0 Å². The van der Waals surface area contributed by atoms with Gasteiger partial charge >= 0.3 is 5.97 Å². The van der Waals surface area contributed by atoms with Crippen molar-refractivity contribution in [3.8, 4) is 0 Å². The van der Waals surface area contributed by atoms with Gasteiger partial charge in [0, 0.05) is 20.0 Å². The maximum absolute atomic E-state index is 12.8. The van der Waals surface area contributed by atoms with Crippen LogP contribution in [0, 0.1) is 5.82 Å². The zero-order valence-corrected chi connectivity index (χ0v) is 12.3. The predicted molar refractivity (Wildman–Crippen MR) is 72.9 cm³/mol. The van der Waals surface area contributed by atoms with Crippen LogP contribution in [0.3, 0.4) is 0 Å². The van der Waals surface area contributed by atoms with Crippen LogP contribution in [0.2, 0.25) is 0 Å². The fourth-order valence-corrected chi connectivity index (χ4v) is 2.83. The zero-order chi connectivity index (χ0) is 15.2. The number of halogens is 1. The third-order valence-electron chi connectivity index (χ3n) is 2.82. The van der Waals surface area contributed by atoms with Crippen LogP contribution in [0.25, 0.3) is 0 Å². The maximum atomic E-state index is 12.8. The Balaban J connectivity index is 2.54. The van der Waals surface area contributed by atoms with Crippen LogP contribution in [-0.2, 0) is 25.3 Å². The number of hydrogen-bond acceptors (Lipinski definition) is 4. The lowest BCUT2D eigenvalue weighted by Crippen LogP contribution is -2.29. The van der Waals surface area contributed by atoms with Crippen LogP contribution < -0.4 is 0 Å². The first kappa shape index (κ1) is 16.6. The van der Waals surface area contributed by atoms with Gasteiger partial charge in [-0.2, -0.15) is 0 Å². The van der Waals surface area contributed by atoms with Gasteiger partial charge in [-0.1, -0.05) is 12.1 Å². The maximum Gasteiger partial charge on any atom is 0.305 e. The molecule has 0 aliphatic carbocycles. The number of hydrogen-bond donors (Lipinski definition) is 0. The Morgan fingerprint density at radius 1 is 1.30 bits per heavy atom. The summed E-state index contributed by atoms with van der Waals surface area (Å²) in [6.07, 6.45) is 0.568. The lowest BCUT2D eigenvalue weighted by Gasteiger charge is -2.16. The Kier molecular flexibility index (Phi) is 6.09. The van der Waals surface area contributed by atoms with E-state index >= 15 is 0 Å². The lowest BCUT2D eigenvalue weighted by molar-refractivity contribution is -0.140. The average Bonchev–Trinajstić information content (AvgIpc) is 2.40. The number of benzene rings is 1. The Hall–Kier alpha value is -1.47. The van der Waals surface area contributed by atoms with Crippen molar-refractivity contribution in [3.05, 3.63) is 35.6 Å². The second-order valence-electron chi connectivity index (χ2n) is 4.38. The zero-order valence-electron chi connectivity index (χ0n) is 11.5. The van der Waals surface area contributed by atoms with Crippen LogP contribution in [0.4, 0.5) is 4.39 Å². The molecule has 0 spiro atoms. The van der Waals surface area contributed by atoms with Crippen LogP contribution in [0.1, 0.15) is 18.4 Å². The molecule has 0 N–H and O–H groups in total. The Morgan fingerprint density at radius 3 is 2.45 bits per heavy atom. The van der Waals surface area contributed by atoms with Crippen LogP contribution in [-0.4, -0.2) is 39.4 Å². The van der Waals surface area contributed by atoms with Crippen LogP contribution in [0.15, 0.2) is 24.3 Å². The third kappa shape index (κ3) is 5.26. The summed E-state index contributed by atoms with van der Waals surface area (Å²) in [6.45, 7) is 0.235. The number of carbonyl (C=O) groups excluding carboxylic acids is 1. The highest BCUT2D eigenvalue weighted by molar-refractivity contribution is 7.88. The standard InChI is InChI=1S/C13H18FNO4S/c1-15(9-3-4-13(16)19-2)20(17,18)10-11-5-7-12(14)8-6-11/h5-8H,3-4,9-10H2,1-2H3. The second-order valence-corrected chi connectivity index (χ2v) is 6.46. The van der Waals surface area contributed by atoms with Crippen molar-refractivity contribution < 1.29 is 22.3 Å². The van der Waals surface area contributed by atoms with E-state index in [1.807, 2.05) is 0 Å². The van der Waals surface area contributed by atoms with E-state index in [2.05, 4.69) is 4.74 Å². The Bertz CT molecular complexity index is 542. The van der Waals surface area contributed by atoms with Gasteiger partial charge in [-0.15, -0.1) is 0 Å². The van der Waals surface area contributed by atoms with E-state index < -0.39 is 15.8 Å². The van der Waals surface area contributed by atoms with Gasteiger partial charge in [-0.3, -0.25) is 4.79 Å². The Labute approximate surface area is 118 Å². The van der Waals surface area contributed by atoms with Crippen LogP contribution in [0.5, 0.6) is 0 Å². The molecule has 0 unspecified atom stereocenters. The van der Waals surface area contributed by atoms with E-state index in [9.17, 15) is 17.6 Å². The molecule has 7 heteroatoms. The first-order valence-corrected chi connectivity index (χ1v) is 7.71. The topological polar surface area (TPSA) is 63.7 Å². The summed E-state index contributed by atoms with van der Waals surface area (Å²) < 4.78 is 42.5. The molecule has 0 aliphatic rings. The summed E-state index contributed by atoms with van der Waals surface area (Å²) in [5.74, 6) is -0.964. The molecule has 0 radical (unpaired) electrons. The first-order chi connectivity index (χ1) is 9.35. The SMILES string of the molecule is COC(=O)CCCN(C)S(=O)(=O)Cc1ccc(F)cc1. The van der Waals surface area contributed by atoms with Gasteiger partial charge in [0.1, 0.15) is 5.82 Å². The molecule has 0 heterocycles. The normalized spacial score (nSPS) is 11.6. The van der Waals surface area contributed by atoms with E-state index in [4.69, 9.17) is 0 Å². The van der Waals surface area contributed by atoms with Crippen LogP contribution >= 0.6 is 0 Å². The highest BCUT2D eigenvalue weighted by Gasteiger charge is 2.18. The number of ether oxygens (including phenoxy) is 1. The van der Waals surface area contributed by atoms with Crippen molar-refractivity contribution >= 4 is 16.0 Å². The summed E-state index contributed by atoms with van der Waals surface area (Å²) in [4.78, 5) is 10.9. The molecule has 1 rings (SSSR count). The molecular formula is C13H18FNO4S. The fourth-order valence-electron chi connectivity index (χ4n) is 1.59. The summed E-state index contributed by atoms with van der Waals surface area (Å²) in [5, 5.41) is 0. The quantitative estimate of drug-likeness (QED) is 0.717. The Morgan fingerprint density at radius 2 is 1.90 bits per heavy atom. The molecule has 0 bridgehead atoms. The van der Waals surface area contributed by atoms with Gasteiger partial charge in [0.05, 0.1) is 12.9 Å². The average molecular weight is 303 g/mol. The summed E-state index contributed by atoms with van der Waals surface area (Å²) >= 11 is 0. The lowest BCUT2D eigenvalue weighted by atomic mass is 10.2. The molecule has 112 valence electrons. The minimum atomic E-state index is -3.47. The van der Waals surface area contributed by atoms with Crippen molar-refractivity contribution in [1.82, 2.24) is 4.31 Å². The van der Waals surface area contributed by atoms with Crippen molar-refractivity contribution in [3.63, 3.8) is 0 Å². The van der Waals surface area contributed by atoms with Gasteiger partial charge in [0.2, 0.25) is 10.0 Å². The molecule has 20 heavy (non-hydrogen) atoms. The number of carbonyl (C=O) groups is 1. The second kappa shape index (κ2) is 7.35. The van der Waals surface area contributed by atoms with Gasteiger partial charge in [-0.05, 0) is 24.1 Å². The van der Waals surface area contributed by atoms with Crippen molar-refractivity contribution in [1.29, 1.82) is 0 Å². The highest BCUT2D eigenvalue weighted by Crippen LogP contribution is 2.11. The molecule has 0 fully saturated rings. The molecule has 0 aliphatic heterocycles. The third-order valence-corrected chi connectivity index (χ3v) is 4.65. The van der Waals surface area contributed by atoms with Gasteiger partial charge in [0.25, 0.3) is 0 Å². The molecule has 0 aromatic heterocycles. The van der Waals surface area contributed by atoms with Gasteiger partial charge in [-0.25, -0.2) is 17.1 Å². The molecule has 0 atom stereocenters. The fraction of sp³-hybridized carbons (Fsp3) is 0.462. The minimum Gasteiger partial charge on any atom is -0.469 e. The minimum absolute atomic E-state index is 0.174. The summed E-state index contributed by atoms with van der Waals surface area (Å²) in [5.41, 5.74) is 0.520. The number of sulfonamides is 1. The molecule has 0 saturated heterocycles. The monoisotopic (exact) mass is 303 g/mol. The summed E-state index contributed by atoms with van der Waals surface area (Å²) in [7, 11) is -0.729. The van der Waals surface area contributed by atoms with Crippen molar-refractivity contribution in [2.45, 2.75) is 18.6 Å². The van der Waals surface area contributed by atoms with Crippen molar-refractivity contribution in [2.75, 3.05) is 20.7 Å². The van der Waals surface area contributed by atoms with E-state index in [-0.39, 0.29) is 24.7 Å². The van der Waals surface area contributed by atoms with E-state index in [1.54, 1.807) is 0 Å². The largest absolute Gasteiger partial charge is 0.469 e. The molecule has 0 saturated carbocycles. The van der Waals surface area contributed by atoms with Gasteiger partial charge < -0.3 is 4.74 Å².